The van der Waals surface area contributed by atoms with Gasteiger partial charge in [-0.1, -0.05) is 99.3 Å². The lowest BCUT2D eigenvalue weighted by Crippen LogP contribution is -2.38. The van der Waals surface area contributed by atoms with Crippen molar-refractivity contribution in [2.75, 3.05) is 58.9 Å². The predicted octanol–water partition coefficient (Wildman–Crippen LogP) is 17.2. The normalized spacial score (nSPS) is 37.2. The van der Waals surface area contributed by atoms with E-state index < -0.39 is 0 Å². The smallest absolute Gasteiger partial charge is 0.000966 e. The summed E-state index contributed by atoms with van der Waals surface area (Å²) in [6, 6.07) is 0. The van der Waals surface area contributed by atoms with Gasteiger partial charge in [0.25, 0.3) is 0 Å². The number of hydrogen-bond acceptors (Lipinski definition) is 3. The van der Waals surface area contributed by atoms with Crippen molar-refractivity contribution in [1.29, 1.82) is 0 Å². The Morgan fingerprint density at radius 1 is 0.212 bits per heavy atom. The van der Waals surface area contributed by atoms with Crippen LogP contribution in [0, 0.1) is 88.8 Å². The van der Waals surface area contributed by atoms with Crippen molar-refractivity contribution in [2.45, 2.75) is 253 Å². The maximum absolute atomic E-state index is 2.76. The summed E-state index contributed by atoms with van der Waals surface area (Å²) in [7, 11) is 0. The molecule has 384 valence electrons. The fourth-order valence-corrected chi connectivity index (χ4v) is 18.6. The van der Waals surface area contributed by atoms with E-state index in [1.54, 1.807) is 116 Å². The van der Waals surface area contributed by atoms with Crippen LogP contribution in [0.4, 0.5) is 0 Å². The second-order valence-corrected chi connectivity index (χ2v) is 26.6. The monoisotopic (exact) mass is 916 g/mol. The van der Waals surface area contributed by atoms with Crippen LogP contribution in [-0.4, -0.2) is 73.6 Å². The molecule has 0 aliphatic heterocycles. The molecule has 0 aromatic carbocycles. The Hall–Kier alpha value is -0.120. The van der Waals surface area contributed by atoms with Gasteiger partial charge in [0.1, 0.15) is 0 Å². The summed E-state index contributed by atoms with van der Waals surface area (Å²) in [4.78, 5) is 7.70. The van der Waals surface area contributed by atoms with Crippen molar-refractivity contribution in [3.05, 3.63) is 0 Å². The Morgan fingerprint density at radius 2 is 0.379 bits per heavy atom. The lowest BCUT2D eigenvalue weighted by atomic mass is 9.56. The summed E-state index contributed by atoms with van der Waals surface area (Å²) in [6.07, 6.45) is 51.2. The van der Waals surface area contributed by atoms with Crippen LogP contribution in [0.1, 0.15) is 253 Å². The molecule has 0 saturated heterocycles. The summed E-state index contributed by atoms with van der Waals surface area (Å²) in [5.41, 5.74) is 0. The first-order valence-electron chi connectivity index (χ1n) is 31.5. The van der Waals surface area contributed by atoms with Gasteiger partial charge in [-0.25, -0.2) is 0 Å². The maximum Gasteiger partial charge on any atom is 0.000966 e. The molecule has 15 aliphatic carbocycles. The van der Waals surface area contributed by atoms with E-state index in [4.69, 9.17) is 0 Å². The third kappa shape index (κ3) is 17.6. The highest BCUT2D eigenvalue weighted by molar-refractivity contribution is 4.95. The minimum atomic E-state index is 1.01. The fraction of sp³-hybridized carbons (Fsp3) is 1.00. The largest absolute Gasteiger partial charge is 0.304 e. The molecule has 0 radical (unpaired) electrons. The summed E-state index contributed by atoms with van der Waals surface area (Å²) >= 11 is 0. The van der Waals surface area contributed by atoms with Gasteiger partial charge >= 0.3 is 0 Å². The maximum atomic E-state index is 2.76. The van der Waals surface area contributed by atoms with Gasteiger partial charge in [-0.15, -0.1) is 0 Å². The molecule has 0 aromatic heterocycles. The molecule has 0 aromatic rings. The first-order valence-corrected chi connectivity index (χ1v) is 31.5. The lowest BCUT2D eigenvalue weighted by molar-refractivity contribution is 0.0197. The second kappa shape index (κ2) is 28.8. The van der Waals surface area contributed by atoms with Crippen LogP contribution in [-0.2, 0) is 0 Å². The molecule has 0 amide bonds. The fourth-order valence-electron chi connectivity index (χ4n) is 18.6. The molecule has 0 unspecified atom stereocenters. The van der Waals surface area contributed by atoms with Crippen LogP contribution in [0.2, 0.25) is 0 Å². The molecule has 0 heterocycles. The van der Waals surface area contributed by atoms with Gasteiger partial charge in [-0.3, -0.25) is 0 Å². The highest BCUT2D eigenvalue weighted by atomic mass is 15.1. The SMILES string of the molecule is C1C2CC3CC1CC(C2)C3.C1C2CC3CC1CC(C2)C3.C1C2CC3CC1CC(C2)C3.CCN(CC)CC.CCN(CC)CC1CCCCC1.CCN(CC1CCCCC1)CC1CCCCC1. The highest BCUT2D eigenvalue weighted by Gasteiger charge is 2.44. The zero-order valence-corrected chi connectivity index (χ0v) is 45.7. The van der Waals surface area contributed by atoms with Gasteiger partial charge in [0.2, 0.25) is 0 Å². The summed E-state index contributed by atoms with van der Waals surface area (Å²) < 4.78 is 0. The minimum Gasteiger partial charge on any atom is -0.304 e. The first kappa shape index (κ1) is 53.7. The van der Waals surface area contributed by atoms with E-state index >= 15 is 0 Å². The molecule has 3 heteroatoms. The van der Waals surface area contributed by atoms with E-state index in [-0.39, 0.29) is 0 Å². The predicted molar refractivity (Wildman–Crippen MR) is 288 cm³/mol. The zero-order chi connectivity index (χ0) is 46.1. The third-order valence-corrected chi connectivity index (χ3v) is 21.4. The van der Waals surface area contributed by atoms with E-state index in [0.717, 1.165) is 17.8 Å². The Kier molecular flexibility index (Phi) is 23.4. The Balaban J connectivity index is 0.000000120. The van der Waals surface area contributed by atoms with Gasteiger partial charge in [-0.2, -0.15) is 0 Å². The molecule has 15 aliphatic rings. The molecular formula is C63H117N3. The van der Waals surface area contributed by atoms with Gasteiger partial charge in [0.05, 0.1) is 0 Å². The lowest BCUT2D eigenvalue weighted by Gasteiger charge is -2.49. The third-order valence-electron chi connectivity index (χ3n) is 21.4. The molecule has 0 atom stereocenters. The van der Waals surface area contributed by atoms with Crippen LogP contribution in [0.15, 0.2) is 0 Å². The van der Waals surface area contributed by atoms with Crippen LogP contribution in [0.3, 0.4) is 0 Å². The van der Waals surface area contributed by atoms with Crippen molar-refractivity contribution < 1.29 is 0 Å². The molecule has 15 rings (SSSR count). The van der Waals surface area contributed by atoms with Crippen molar-refractivity contribution in [3.63, 3.8) is 0 Å². The Bertz CT molecular complexity index is 969. The molecule has 15 saturated carbocycles. The number of rotatable bonds is 12. The minimum absolute atomic E-state index is 1.01. The molecule has 0 spiro atoms. The van der Waals surface area contributed by atoms with Gasteiger partial charge in [0, 0.05) is 19.6 Å². The average Bonchev–Trinajstić information content (AvgIpc) is 3.32. The van der Waals surface area contributed by atoms with E-state index in [0.29, 0.717) is 0 Å². The quantitative estimate of drug-likeness (QED) is 0.193. The Labute approximate surface area is 414 Å². The number of hydrogen-bond donors (Lipinski definition) is 0. The second-order valence-electron chi connectivity index (χ2n) is 26.6. The summed E-state index contributed by atoms with van der Waals surface area (Å²) in [5, 5.41) is 0. The van der Waals surface area contributed by atoms with Crippen LogP contribution in [0.5, 0.6) is 0 Å². The molecule has 66 heavy (non-hydrogen) atoms. The van der Waals surface area contributed by atoms with Crippen molar-refractivity contribution in [1.82, 2.24) is 14.7 Å². The summed E-state index contributed by atoms with van der Waals surface area (Å²) in [6.45, 7) is 24.9. The molecule has 0 N–H and O–H groups in total. The van der Waals surface area contributed by atoms with Crippen LogP contribution >= 0.6 is 0 Å². The van der Waals surface area contributed by atoms with E-state index in [1.807, 2.05) is 0 Å². The first-order chi connectivity index (χ1) is 32.3. The van der Waals surface area contributed by atoms with E-state index in [9.17, 15) is 0 Å². The van der Waals surface area contributed by atoms with Crippen molar-refractivity contribution >= 4 is 0 Å². The van der Waals surface area contributed by atoms with Crippen molar-refractivity contribution in [3.8, 4) is 0 Å². The van der Waals surface area contributed by atoms with Gasteiger partial charge < -0.3 is 14.7 Å². The standard InChI is InChI=1S/C16H31N.C11H23N.3C10H16.C6H15N/c1-2-17(13-15-9-5-3-6-10-15)14-16-11-7-4-8-12-16;1-3-12(4-2)10-11-8-6-5-7-9-11;3*1-7-2-9-4-8(1)5-10(3-7)6-9;1-4-7(5-2)6-3/h15-16H,2-14H2,1H3;11H,3-10H2,1-2H3;3*7-10H,1-6H2;4-6H2,1-3H3. The number of nitrogens with zero attached hydrogens (tertiary/aromatic N) is 3. The van der Waals surface area contributed by atoms with Gasteiger partial charge in [-0.05, 0) is 282 Å². The van der Waals surface area contributed by atoms with Crippen molar-refractivity contribution in [2.24, 2.45) is 88.8 Å². The van der Waals surface area contributed by atoms with Gasteiger partial charge in [0.15, 0.2) is 0 Å². The zero-order valence-electron chi connectivity index (χ0n) is 45.7. The van der Waals surface area contributed by atoms with E-state index in [1.165, 1.54) is 226 Å². The highest BCUT2D eigenvalue weighted by Crippen LogP contribution is 2.55. The van der Waals surface area contributed by atoms with Crippen LogP contribution in [0.25, 0.3) is 0 Å². The molecule has 3 nitrogen and oxygen atoms in total. The molecule has 12 bridgehead atoms. The molecule has 15 fully saturated rings. The van der Waals surface area contributed by atoms with Crippen LogP contribution < -0.4 is 0 Å². The topological polar surface area (TPSA) is 9.72 Å². The summed E-state index contributed by atoms with van der Waals surface area (Å²) in [5.74, 6) is 17.2. The Morgan fingerprint density at radius 3 is 0.530 bits per heavy atom. The average molecular weight is 917 g/mol. The van der Waals surface area contributed by atoms with E-state index in [2.05, 4.69) is 56.2 Å². The molecular weight excluding hydrogens is 799 g/mol.